The smallest absolute Gasteiger partial charge is 0.224 e. The Bertz CT molecular complexity index is 763. The van der Waals surface area contributed by atoms with Gasteiger partial charge in [-0.15, -0.1) is 0 Å². The summed E-state index contributed by atoms with van der Waals surface area (Å²) < 4.78 is 7.09. The Labute approximate surface area is 141 Å². The summed E-state index contributed by atoms with van der Waals surface area (Å²) in [4.78, 5) is 12.2. The molecular weight excluding hydrogens is 302 g/mol. The van der Waals surface area contributed by atoms with Gasteiger partial charge in [0, 0.05) is 18.7 Å². The van der Waals surface area contributed by atoms with Crippen LogP contribution in [0.25, 0.3) is 5.69 Å². The number of hydrogen-bond donors (Lipinski definition) is 1. The van der Waals surface area contributed by atoms with Crippen LogP contribution < -0.4 is 5.32 Å². The minimum absolute atomic E-state index is 0.00885. The quantitative estimate of drug-likeness (QED) is 0.726. The van der Waals surface area contributed by atoms with Crippen molar-refractivity contribution in [2.24, 2.45) is 0 Å². The van der Waals surface area contributed by atoms with Crippen molar-refractivity contribution in [1.29, 1.82) is 0 Å². The first-order valence-electron chi connectivity index (χ1n) is 8.11. The number of amides is 1. The van der Waals surface area contributed by atoms with E-state index < -0.39 is 0 Å². The summed E-state index contributed by atoms with van der Waals surface area (Å²) in [6, 6.07) is 13.8. The van der Waals surface area contributed by atoms with Gasteiger partial charge in [0.15, 0.2) is 0 Å². The molecule has 0 bridgehead atoms. The van der Waals surface area contributed by atoms with Crippen molar-refractivity contribution in [2.75, 3.05) is 0 Å². The molecular formula is C19H21N3O2. The molecule has 1 unspecified atom stereocenters. The van der Waals surface area contributed by atoms with E-state index in [4.69, 9.17) is 4.42 Å². The molecule has 1 atom stereocenters. The molecule has 0 aliphatic carbocycles. The Hall–Kier alpha value is -2.82. The third kappa shape index (κ3) is 4.35. The Morgan fingerprint density at radius 3 is 2.83 bits per heavy atom. The number of rotatable bonds is 7. The van der Waals surface area contributed by atoms with E-state index in [0.29, 0.717) is 6.42 Å². The Morgan fingerprint density at radius 2 is 2.08 bits per heavy atom. The summed E-state index contributed by atoms with van der Waals surface area (Å²) in [5, 5.41) is 7.34. The highest BCUT2D eigenvalue weighted by atomic mass is 16.3. The van der Waals surface area contributed by atoms with E-state index in [9.17, 15) is 4.79 Å². The second kappa shape index (κ2) is 7.64. The number of carbonyl (C=O) groups excluding carboxylic acids is 1. The van der Waals surface area contributed by atoms with Crippen LogP contribution in [0, 0.1) is 0 Å². The molecule has 2 heterocycles. The van der Waals surface area contributed by atoms with Gasteiger partial charge in [0.05, 0.1) is 24.6 Å². The molecule has 5 nitrogen and oxygen atoms in total. The van der Waals surface area contributed by atoms with Gasteiger partial charge >= 0.3 is 0 Å². The lowest BCUT2D eigenvalue weighted by Gasteiger charge is -2.12. The highest BCUT2D eigenvalue weighted by Crippen LogP contribution is 2.09. The fourth-order valence-corrected chi connectivity index (χ4v) is 2.57. The van der Waals surface area contributed by atoms with E-state index in [1.54, 1.807) is 17.1 Å². The maximum Gasteiger partial charge on any atom is 0.224 e. The minimum Gasteiger partial charge on any atom is -0.469 e. The summed E-state index contributed by atoms with van der Waals surface area (Å²) in [5.74, 6) is 0.954. The molecule has 1 amide bonds. The fraction of sp³-hybridized carbons (Fsp3) is 0.263. The number of aromatic nitrogens is 2. The van der Waals surface area contributed by atoms with Gasteiger partial charge in [0.2, 0.25) is 5.91 Å². The Morgan fingerprint density at radius 1 is 1.25 bits per heavy atom. The van der Waals surface area contributed by atoms with Crippen molar-refractivity contribution in [3.8, 4) is 5.69 Å². The van der Waals surface area contributed by atoms with E-state index in [2.05, 4.69) is 10.4 Å². The lowest BCUT2D eigenvalue weighted by atomic mass is 10.1. The molecule has 0 spiro atoms. The van der Waals surface area contributed by atoms with Crippen LogP contribution >= 0.6 is 0 Å². The zero-order valence-electron chi connectivity index (χ0n) is 13.7. The SMILES string of the molecule is CC(CCc1ccco1)NC(=O)Cc1cnn(-c2ccccc2)c1. The number of nitrogens with one attached hydrogen (secondary N) is 1. The summed E-state index contributed by atoms with van der Waals surface area (Å²) in [6.45, 7) is 2.01. The topological polar surface area (TPSA) is 60.1 Å². The van der Waals surface area contributed by atoms with Crippen LogP contribution in [0.3, 0.4) is 0 Å². The van der Waals surface area contributed by atoms with Crippen molar-refractivity contribution < 1.29 is 9.21 Å². The Balaban J connectivity index is 1.49. The summed E-state index contributed by atoms with van der Waals surface area (Å²) in [6.07, 6.45) is 7.30. The van der Waals surface area contributed by atoms with Gasteiger partial charge in [-0.3, -0.25) is 4.79 Å². The molecule has 2 aromatic heterocycles. The van der Waals surface area contributed by atoms with E-state index in [0.717, 1.165) is 29.9 Å². The third-order valence-electron chi connectivity index (χ3n) is 3.83. The lowest BCUT2D eigenvalue weighted by molar-refractivity contribution is -0.121. The van der Waals surface area contributed by atoms with Gasteiger partial charge in [0.1, 0.15) is 5.76 Å². The molecule has 124 valence electrons. The van der Waals surface area contributed by atoms with Gasteiger partial charge in [-0.05, 0) is 43.2 Å². The van der Waals surface area contributed by atoms with Gasteiger partial charge in [-0.25, -0.2) is 4.68 Å². The normalized spacial score (nSPS) is 12.0. The average molecular weight is 323 g/mol. The summed E-state index contributed by atoms with van der Waals surface area (Å²) in [5.41, 5.74) is 1.88. The molecule has 3 aromatic rings. The second-order valence-electron chi connectivity index (χ2n) is 5.89. The molecule has 0 aliphatic rings. The van der Waals surface area contributed by atoms with Crippen LogP contribution in [-0.2, 0) is 17.6 Å². The molecule has 0 fully saturated rings. The molecule has 1 N–H and O–H groups in total. The van der Waals surface area contributed by atoms with Crippen molar-refractivity contribution in [2.45, 2.75) is 32.2 Å². The number of carbonyl (C=O) groups is 1. The number of para-hydroxylation sites is 1. The summed E-state index contributed by atoms with van der Waals surface area (Å²) >= 11 is 0. The molecule has 0 saturated carbocycles. The molecule has 1 aromatic carbocycles. The van der Waals surface area contributed by atoms with Crippen molar-refractivity contribution in [3.63, 3.8) is 0 Å². The second-order valence-corrected chi connectivity index (χ2v) is 5.89. The largest absolute Gasteiger partial charge is 0.469 e. The monoisotopic (exact) mass is 323 g/mol. The highest BCUT2D eigenvalue weighted by Gasteiger charge is 2.10. The van der Waals surface area contributed by atoms with Crippen LogP contribution in [0.4, 0.5) is 0 Å². The number of aryl methyl sites for hydroxylation is 1. The van der Waals surface area contributed by atoms with Gasteiger partial charge in [-0.2, -0.15) is 5.10 Å². The molecule has 0 aliphatic heterocycles. The van der Waals surface area contributed by atoms with Crippen LogP contribution in [-0.4, -0.2) is 21.7 Å². The maximum atomic E-state index is 12.2. The Kier molecular flexibility index (Phi) is 5.11. The van der Waals surface area contributed by atoms with Crippen molar-refractivity contribution in [1.82, 2.24) is 15.1 Å². The average Bonchev–Trinajstić information content (AvgIpc) is 3.25. The maximum absolute atomic E-state index is 12.2. The fourth-order valence-electron chi connectivity index (χ4n) is 2.57. The lowest BCUT2D eigenvalue weighted by Crippen LogP contribution is -2.33. The molecule has 3 rings (SSSR count). The van der Waals surface area contributed by atoms with Gasteiger partial charge in [0.25, 0.3) is 0 Å². The van der Waals surface area contributed by atoms with Crippen molar-refractivity contribution in [3.05, 3.63) is 72.4 Å². The number of nitrogens with zero attached hydrogens (tertiary/aromatic N) is 2. The first-order valence-corrected chi connectivity index (χ1v) is 8.11. The predicted octanol–water partition coefficient (Wildman–Crippen LogP) is 3.15. The number of hydrogen-bond acceptors (Lipinski definition) is 3. The zero-order chi connectivity index (χ0) is 16.8. The molecule has 0 radical (unpaired) electrons. The molecule has 24 heavy (non-hydrogen) atoms. The van der Waals surface area contributed by atoms with Crippen LogP contribution in [0.1, 0.15) is 24.7 Å². The van der Waals surface area contributed by atoms with Crippen LogP contribution in [0.5, 0.6) is 0 Å². The van der Waals surface area contributed by atoms with Crippen LogP contribution in [0.15, 0.2) is 65.5 Å². The first kappa shape index (κ1) is 16.1. The number of furan rings is 1. The zero-order valence-corrected chi connectivity index (χ0v) is 13.7. The van der Waals surface area contributed by atoms with Gasteiger partial charge < -0.3 is 9.73 Å². The van der Waals surface area contributed by atoms with E-state index in [1.165, 1.54) is 0 Å². The number of benzene rings is 1. The van der Waals surface area contributed by atoms with Gasteiger partial charge in [-0.1, -0.05) is 18.2 Å². The minimum atomic E-state index is 0.00885. The van der Waals surface area contributed by atoms with Crippen molar-refractivity contribution >= 4 is 5.91 Å². The molecule has 5 heteroatoms. The first-order chi connectivity index (χ1) is 11.7. The van der Waals surface area contributed by atoms with E-state index in [-0.39, 0.29) is 11.9 Å². The van der Waals surface area contributed by atoms with Crippen LogP contribution in [0.2, 0.25) is 0 Å². The predicted molar refractivity (Wildman–Crippen MR) is 91.9 cm³/mol. The van der Waals surface area contributed by atoms with E-state index >= 15 is 0 Å². The highest BCUT2D eigenvalue weighted by molar-refractivity contribution is 5.78. The molecule has 0 saturated heterocycles. The van der Waals surface area contributed by atoms with E-state index in [1.807, 2.05) is 55.6 Å². The third-order valence-corrected chi connectivity index (χ3v) is 3.83. The standard InChI is InChI=1S/C19H21N3O2/c1-15(9-10-18-8-5-11-24-18)21-19(23)12-16-13-20-22(14-16)17-6-3-2-4-7-17/h2-8,11,13-15H,9-10,12H2,1H3,(H,21,23). The summed E-state index contributed by atoms with van der Waals surface area (Å²) in [7, 11) is 0.